The van der Waals surface area contributed by atoms with Crippen LogP contribution in [0.1, 0.15) is 0 Å². The van der Waals surface area contributed by atoms with Gasteiger partial charge in [0.1, 0.15) is 0 Å². The first-order chi connectivity index (χ1) is 8.66. The third kappa shape index (κ3) is 192. The molecule has 15 heteroatoms. The van der Waals surface area contributed by atoms with E-state index in [9.17, 15) is 0 Å². The van der Waals surface area contributed by atoms with Crippen molar-refractivity contribution in [3.63, 3.8) is 0 Å². The van der Waals surface area contributed by atoms with E-state index in [1.807, 2.05) is 0 Å². The first-order valence-corrected chi connectivity index (χ1v) is 3.26. The summed E-state index contributed by atoms with van der Waals surface area (Å²) in [6.07, 6.45) is -9.17. The average molecular weight is 310 g/mol. The minimum Gasteiger partial charge on any atom is -0.450 e. The molecule has 0 spiro atoms. The molecule has 0 aliphatic heterocycles. The Morgan fingerprint density at radius 3 is 0.300 bits per heavy atom. The van der Waals surface area contributed by atoms with E-state index in [-0.39, 0.29) is 0 Å². The molecular formula is C5H10O15. The van der Waals surface area contributed by atoms with Crippen molar-refractivity contribution in [1.29, 1.82) is 0 Å². The Kier molecular flexibility index (Phi) is 36.7. The highest BCUT2D eigenvalue weighted by Gasteiger charge is 1.71. The van der Waals surface area contributed by atoms with Gasteiger partial charge in [0, 0.05) is 0 Å². The maximum atomic E-state index is 8.56. The van der Waals surface area contributed by atoms with Crippen molar-refractivity contribution >= 4 is 30.8 Å². The second kappa shape index (κ2) is 24.5. The SMILES string of the molecule is O=C(O)O.O=C(O)O.O=C(O)O.O=C(O)O.O=C(O)O. The molecule has 0 aromatic rings. The minimum atomic E-state index is -1.83. The number of rotatable bonds is 0. The summed E-state index contributed by atoms with van der Waals surface area (Å²) >= 11 is 0. The lowest BCUT2D eigenvalue weighted by atomic mass is 11.5. The Bertz CT molecular complexity index is 201. The van der Waals surface area contributed by atoms with E-state index < -0.39 is 30.8 Å². The molecule has 10 N–H and O–H groups in total. The smallest absolute Gasteiger partial charge is 0.450 e. The second-order valence-corrected chi connectivity index (χ2v) is 1.41. The zero-order valence-corrected chi connectivity index (χ0v) is 9.01. The highest BCUT2D eigenvalue weighted by atomic mass is 16.6. The zero-order valence-electron chi connectivity index (χ0n) is 9.01. The third-order valence-electron chi connectivity index (χ3n) is 0. The summed E-state index contributed by atoms with van der Waals surface area (Å²) in [7, 11) is 0. The Hall–Kier alpha value is -3.65. The molecule has 0 rings (SSSR count). The van der Waals surface area contributed by atoms with Crippen LogP contribution in [0.2, 0.25) is 0 Å². The van der Waals surface area contributed by atoms with Gasteiger partial charge in [-0.25, -0.2) is 24.0 Å². The first-order valence-electron chi connectivity index (χ1n) is 3.26. The molecule has 0 unspecified atom stereocenters. The summed E-state index contributed by atoms with van der Waals surface area (Å²) in [5.74, 6) is 0. The van der Waals surface area contributed by atoms with Crippen LogP contribution in [0, 0.1) is 0 Å². The van der Waals surface area contributed by atoms with E-state index >= 15 is 0 Å². The largest absolute Gasteiger partial charge is 0.503 e. The molecular weight excluding hydrogens is 300 g/mol. The predicted octanol–water partition coefficient (Wildman–Crippen LogP) is 1.11. The van der Waals surface area contributed by atoms with E-state index in [1.165, 1.54) is 0 Å². The second-order valence-electron chi connectivity index (χ2n) is 1.41. The van der Waals surface area contributed by atoms with Crippen LogP contribution in [-0.4, -0.2) is 81.8 Å². The first kappa shape index (κ1) is 29.9. The van der Waals surface area contributed by atoms with E-state index in [0.717, 1.165) is 0 Å². The van der Waals surface area contributed by atoms with Crippen LogP contribution < -0.4 is 0 Å². The monoisotopic (exact) mass is 310 g/mol. The van der Waals surface area contributed by atoms with Gasteiger partial charge in [-0.1, -0.05) is 0 Å². The van der Waals surface area contributed by atoms with E-state index in [4.69, 9.17) is 75.0 Å². The van der Waals surface area contributed by atoms with Gasteiger partial charge in [-0.2, -0.15) is 0 Å². The molecule has 0 aliphatic carbocycles. The molecule has 20 heavy (non-hydrogen) atoms. The summed E-state index contributed by atoms with van der Waals surface area (Å²) < 4.78 is 0. The Morgan fingerprint density at radius 2 is 0.300 bits per heavy atom. The van der Waals surface area contributed by atoms with Gasteiger partial charge >= 0.3 is 30.8 Å². The predicted molar refractivity (Wildman–Crippen MR) is 53.3 cm³/mol. The normalized spacial score (nSPS) is 6.00. The number of carbonyl (C=O) groups is 5. The fourth-order valence-corrected chi connectivity index (χ4v) is 0. The molecule has 0 saturated carbocycles. The van der Waals surface area contributed by atoms with Crippen molar-refractivity contribution in [3.8, 4) is 0 Å². The van der Waals surface area contributed by atoms with Crippen LogP contribution >= 0.6 is 0 Å². The summed E-state index contributed by atoms with van der Waals surface area (Å²) in [4.78, 5) is 42.8. The van der Waals surface area contributed by atoms with Gasteiger partial charge < -0.3 is 51.1 Å². The van der Waals surface area contributed by atoms with Crippen molar-refractivity contribution in [2.75, 3.05) is 0 Å². The van der Waals surface area contributed by atoms with Crippen molar-refractivity contribution in [3.05, 3.63) is 0 Å². The van der Waals surface area contributed by atoms with Crippen molar-refractivity contribution in [2.45, 2.75) is 0 Å². The summed E-state index contributed by atoms with van der Waals surface area (Å²) in [6, 6.07) is 0. The standard InChI is InChI=1S/5CH2O3/c5*2-1(3)4/h5*(H2,2,3,4). The van der Waals surface area contributed by atoms with Crippen LogP contribution in [0.15, 0.2) is 0 Å². The van der Waals surface area contributed by atoms with Gasteiger partial charge in [0.05, 0.1) is 0 Å². The lowest BCUT2D eigenvalue weighted by Crippen LogP contribution is -1.81. The fraction of sp³-hybridized carbons (Fsp3) is 0. The molecule has 0 bridgehead atoms. The van der Waals surface area contributed by atoms with Gasteiger partial charge in [0.15, 0.2) is 0 Å². The molecule has 0 aromatic heterocycles. The quantitative estimate of drug-likeness (QED) is 0.299. The van der Waals surface area contributed by atoms with Crippen LogP contribution in [0.5, 0.6) is 0 Å². The van der Waals surface area contributed by atoms with Crippen LogP contribution in [0.4, 0.5) is 24.0 Å². The molecule has 0 heterocycles. The Morgan fingerprint density at radius 1 is 0.300 bits per heavy atom. The molecule has 0 saturated heterocycles. The maximum absolute atomic E-state index is 8.56. The average Bonchev–Trinajstić information content (AvgIpc) is 1.94. The highest BCUT2D eigenvalue weighted by Crippen LogP contribution is 1.44. The third-order valence-corrected chi connectivity index (χ3v) is 0. The fourth-order valence-electron chi connectivity index (χ4n) is 0. The molecule has 0 fully saturated rings. The number of hydrogen-bond donors (Lipinski definition) is 10. The molecule has 0 amide bonds. The molecule has 15 nitrogen and oxygen atoms in total. The van der Waals surface area contributed by atoms with E-state index in [2.05, 4.69) is 0 Å². The van der Waals surface area contributed by atoms with Crippen molar-refractivity contribution < 1.29 is 75.0 Å². The summed E-state index contributed by atoms with van der Waals surface area (Å²) in [5.41, 5.74) is 0. The van der Waals surface area contributed by atoms with Crippen molar-refractivity contribution in [1.82, 2.24) is 0 Å². The lowest BCUT2D eigenvalue weighted by molar-refractivity contribution is 0.135. The summed E-state index contributed by atoms with van der Waals surface area (Å²) in [5, 5.41) is 69.7. The number of carboxylic acid groups (broad SMARTS) is 10. The van der Waals surface area contributed by atoms with Crippen LogP contribution in [0.3, 0.4) is 0 Å². The Balaban J connectivity index is -0.0000000469. The highest BCUT2D eigenvalue weighted by molar-refractivity contribution is 5.54. The molecule has 0 atom stereocenters. The molecule has 120 valence electrons. The van der Waals surface area contributed by atoms with E-state index in [0.29, 0.717) is 0 Å². The van der Waals surface area contributed by atoms with Gasteiger partial charge in [-0.05, 0) is 0 Å². The Labute approximate surface area is 107 Å². The molecule has 0 aromatic carbocycles. The van der Waals surface area contributed by atoms with Crippen LogP contribution in [0.25, 0.3) is 0 Å². The van der Waals surface area contributed by atoms with Gasteiger partial charge in [0.25, 0.3) is 0 Å². The zero-order chi connectivity index (χ0) is 17.9. The number of hydrogen-bond acceptors (Lipinski definition) is 5. The van der Waals surface area contributed by atoms with Gasteiger partial charge in [-0.15, -0.1) is 0 Å². The van der Waals surface area contributed by atoms with Crippen LogP contribution in [-0.2, 0) is 0 Å². The lowest BCUT2D eigenvalue weighted by Gasteiger charge is -1.60. The maximum Gasteiger partial charge on any atom is 0.503 e. The molecule has 0 aliphatic rings. The topological polar surface area (TPSA) is 288 Å². The van der Waals surface area contributed by atoms with E-state index in [1.54, 1.807) is 0 Å². The van der Waals surface area contributed by atoms with Gasteiger partial charge in [-0.3, -0.25) is 0 Å². The van der Waals surface area contributed by atoms with Crippen molar-refractivity contribution in [2.24, 2.45) is 0 Å². The van der Waals surface area contributed by atoms with Gasteiger partial charge in [0.2, 0.25) is 0 Å². The molecule has 0 radical (unpaired) electrons. The summed E-state index contributed by atoms with van der Waals surface area (Å²) in [6.45, 7) is 0. The minimum absolute atomic E-state index is 1.83.